The largest absolute Gasteiger partial charge is 0.493 e. The lowest BCUT2D eigenvalue weighted by Crippen LogP contribution is -2.47. The number of rotatable bonds is 13. The van der Waals surface area contributed by atoms with Crippen molar-refractivity contribution < 1.29 is 14.3 Å². The van der Waals surface area contributed by atoms with Crippen LogP contribution in [0.1, 0.15) is 42.6 Å². The first-order valence-corrected chi connectivity index (χ1v) is 15.3. The summed E-state index contributed by atoms with van der Waals surface area (Å²) < 4.78 is 14.4. The zero-order chi connectivity index (χ0) is 29.1. The molecule has 1 saturated heterocycles. The summed E-state index contributed by atoms with van der Waals surface area (Å²) in [6.07, 6.45) is 10.0. The zero-order valence-electron chi connectivity index (χ0n) is 25.0. The smallest absolute Gasteiger partial charge is 0.253 e. The van der Waals surface area contributed by atoms with E-state index in [4.69, 9.17) is 9.47 Å². The molecular formula is C35H44N4O3. The van der Waals surface area contributed by atoms with Crippen molar-refractivity contribution in [2.24, 2.45) is 0 Å². The Bertz CT molecular complexity index is 1440. The van der Waals surface area contributed by atoms with Crippen LogP contribution in [-0.4, -0.2) is 72.3 Å². The topological polar surface area (TPSA) is 59.0 Å². The highest BCUT2D eigenvalue weighted by atomic mass is 16.5. The monoisotopic (exact) mass is 568 g/mol. The number of aryl methyl sites for hydroxylation is 1. The van der Waals surface area contributed by atoms with E-state index in [1.165, 1.54) is 0 Å². The minimum absolute atomic E-state index is 0.0586. The van der Waals surface area contributed by atoms with Crippen LogP contribution in [0.3, 0.4) is 0 Å². The van der Waals surface area contributed by atoms with Gasteiger partial charge in [-0.1, -0.05) is 66.8 Å². The van der Waals surface area contributed by atoms with Crippen LogP contribution < -0.4 is 20.6 Å². The quantitative estimate of drug-likeness (QED) is 0.340. The third-order valence-corrected chi connectivity index (χ3v) is 7.76. The van der Waals surface area contributed by atoms with Crippen molar-refractivity contribution in [3.05, 3.63) is 101 Å². The molecule has 3 aromatic rings. The van der Waals surface area contributed by atoms with Gasteiger partial charge in [-0.15, -0.1) is 0 Å². The third kappa shape index (κ3) is 8.14. The van der Waals surface area contributed by atoms with Crippen LogP contribution in [-0.2, 0) is 17.8 Å². The number of para-hydroxylation sites is 1. The van der Waals surface area contributed by atoms with Gasteiger partial charge in [-0.25, -0.2) is 0 Å². The van der Waals surface area contributed by atoms with Gasteiger partial charge >= 0.3 is 0 Å². The van der Waals surface area contributed by atoms with Gasteiger partial charge in [0.15, 0.2) is 0 Å². The van der Waals surface area contributed by atoms with Gasteiger partial charge in [0.1, 0.15) is 18.1 Å². The molecule has 42 heavy (non-hydrogen) atoms. The second-order valence-electron chi connectivity index (χ2n) is 11.3. The first-order valence-electron chi connectivity index (χ1n) is 15.3. The first kappa shape index (κ1) is 29.7. The Morgan fingerprint density at radius 3 is 2.31 bits per heavy atom. The summed E-state index contributed by atoms with van der Waals surface area (Å²) in [5.74, 6) is 1.80. The maximum atomic E-state index is 13.4. The Morgan fingerprint density at radius 2 is 1.60 bits per heavy atom. The van der Waals surface area contributed by atoms with Crippen LogP contribution in [0, 0.1) is 0 Å². The molecule has 1 aliphatic carbocycles. The minimum Gasteiger partial charge on any atom is -0.493 e. The Hall–Kier alpha value is -3.81. The van der Waals surface area contributed by atoms with E-state index in [1.807, 2.05) is 72.9 Å². The van der Waals surface area contributed by atoms with Crippen LogP contribution in [0.5, 0.6) is 5.75 Å². The number of fused-ring (bicyclic) bond motifs is 1. The van der Waals surface area contributed by atoms with E-state index in [9.17, 15) is 4.79 Å². The molecule has 1 aliphatic heterocycles. The lowest BCUT2D eigenvalue weighted by Gasteiger charge is -2.34. The van der Waals surface area contributed by atoms with Crippen LogP contribution in [0.4, 0.5) is 0 Å². The van der Waals surface area contributed by atoms with Crippen molar-refractivity contribution in [3.8, 4) is 5.75 Å². The molecule has 1 amide bonds. The number of amides is 1. The number of carbonyl (C=O) groups excluding carboxylic acids is 1. The van der Waals surface area contributed by atoms with Gasteiger partial charge in [0.05, 0.1) is 17.0 Å². The zero-order valence-corrected chi connectivity index (χ0v) is 25.0. The number of ether oxygens (including phenoxy) is 2. The molecule has 7 heteroatoms. The summed E-state index contributed by atoms with van der Waals surface area (Å²) in [6, 6.07) is 20.1. The number of aromatic nitrogens is 1. The van der Waals surface area contributed by atoms with Gasteiger partial charge in [-0.3, -0.25) is 9.69 Å². The van der Waals surface area contributed by atoms with Crippen molar-refractivity contribution in [2.45, 2.75) is 45.9 Å². The molecule has 222 valence electrons. The summed E-state index contributed by atoms with van der Waals surface area (Å²) in [7, 11) is 0. The Balaban J connectivity index is 1.20. The Labute approximate surface area is 249 Å². The average molecular weight is 569 g/mol. The molecule has 0 spiro atoms. The van der Waals surface area contributed by atoms with E-state index in [0.29, 0.717) is 25.1 Å². The number of nitrogens with one attached hydrogen (secondary N) is 1. The number of nitrogens with zero attached hydrogens (tertiary/aromatic N) is 3. The van der Waals surface area contributed by atoms with Crippen LogP contribution in [0.2, 0.25) is 0 Å². The third-order valence-electron chi connectivity index (χ3n) is 7.76. The van der Waals surface area contributed by atoms with E-state index >= 15 is 0 Å². The molecule has 2 aromatic carbocycles. The van der Waals surface area contributed by atoms with Gasteiger partial charge in [0, 0.05) is 63.6 Å². The highest BCUT2D eigenvalue weighted by Gasteiger charge is 2.19. The van der Waals surface area contributed by atoms with Crippen molar-refractivity contribution in [3.63, 3.8) is 0 Å². The first-order chi connectivity index (χ1) is 20.6. The standard InChI is InChI=1S/C35H44N4O3/c1-28(2)42-33-17-10-9-16-31-32(35(40)36-26-29-12-5-3-6-13-29)27-39(34(31)33)19-11-18-37-20-22-38(23-21-37)24-25-41-30-14-7-4-8-15-30/h3-10,12-16,27-28H,11,17-26H2,1-2H3,(H,36,40). The highest BCUT2D eigenvalue weighted by molar-refractivity contribution is 5.94. The fourth-order valence-corrected chi connectivity index (χ4v) is 5.62. The molecule has 2 heterocycles. The van der Waals surface area contributed by atoms with Crippen molar-refractivity contribution in [1.29, 1.82) is 0 Å². The number of piperazine rings is 1. The summed E-state index contributed by atoms with van der Waals surface area (Å²) in [4.78, 5) is 18.4. The van der Waals surface area contributed by atoms with Gasteiger partial charge in [-0.05, 0) is 44.5 Å². The summed E-state index contributed by atoms with van der Waals surface area (Å²) >= 11 is 0. The number of allylic oxidation sites excluding steroid dienone is 1. The average Bonchev–Trinajstić information content (AvgIpc) is 3.24. The minimum atomic E-state index is -0.0586. The van der Waals surface area contributed by atoms with Gasteiger partial charge in [0.2, 0.25) is 0 Å². The molecule has 0 saturated carbocycles. The summed E-state index contributed by atoms with van der Waals surface area (Å²) in [5.41, 5.74) is 1.78. The van der Waals surface area contributed by atoms with Crippen molar-refractivity contribution in [2.75, 3.05) is 45.9 Å². The Morgan fingerprint density at radius 1 is 0.905 bits per heavy atom. The number of benzene rings is 2. The van der Waals surface area contributed by atoms with Crippen molar-refractivity contribution >= 4 is 17.7 Å². The normalized spacial score (nSPS) is 15.6. The second kappa shape index (κ2) is 14.9. The van der Waals surface area contributed by atoms with Crippen LogP contribution in [0.15, 0.2) is 79.0 Å². The number of carbonyl (C=O) groups is 1. The number of hydrogen-bond acceptors (Lipinski definition) is 5. The molecule has 7 nitrogen and oxygen atoms in total. The summed E-state index contributed by atoms with van der Waals surface area (Å²) in [6.45, 7) is 12.4. The van der Waals surface area contributed by atoms with Gasteiger partial charge in [0.25, 0.3) is 5.91 Å². The predicted molar refractivity (Wildman–Crippen MR) is 169 cm³/mol. The molecule has 1 N–H and O–H groups in total. The molecule has 5 rings (SSSR count). The van der Waals surface area contributed by atoms with E-state index in [2.05, 4.69) is 45.7 Å². The SMILES string of the molecule is CC(C)OC1=c2c(c(C(=O)NCc3ccccc3)cn2CCCN2CCN(CCOc3ccccc3)CC2)=CC=CC1. The summed E-state index contributed by atoms with van der Waals surface area (Å²) in [5, 5.41) is 5.09. The maximum Gasteiger partial charge on any atom is 0.253 e. The van der Waals surface area contributed by atoms with Crippen LogP contribution in [0.25, 0.3) is 11.8 Å². The molecule has 0 bridgehead atoms. The fourth-order valence-electron chi connectivity index (χ4n) is 5.62. The molecule has 0 unspecified atom stereocenters. The molecule has 0 atom stereocenters. The lowest BCUT2D eigenvalue weighted by atomic mass is 10.2. The van der Waals surface area contributed by atoms with E-state index < -0.39 is 0 Å². The molecular weight excluding hydrogens is 524 g/mol. The number of hydrogen-bond donors (Lipinski definition) is 1. The lowest BCUT2D eigenvalue weighted by molar-refractivity contribution is 0.0950. The second-order valence-corrected chi connectivity index (χ2v) is 11.3. The Kier molecular flexibility index (Phi) is 10.5. The van der Waals surface area contributed by atoms with Crippen molar-refractivity contribution in [1.82, 2.24) is 19.7 Å². The maximum absolute atomic E-state index is 13.4. The highest BCUT2D eigenvalue weighted by Crippen LogP contribution is 2.12. The molecule has 2 aliphatic rings. The van der Waals surface area contributed by atoms with Crippen LogP contribution >= 0.6 is 0 Å². The van der Waals surface area contributed by atoms with E-state index in [1.54, 1.807) is 0 Å². The predicted octanol–water partition coefficient (Wildman–Crippen LogP) is 3.78. The van der Waals surface area contributed by atoms with E-state index in [0.717, 1.165) is 79.9 Å². The van der Waals surface area contributed by atoms with Gasteiger partial charge < -0.3 is 24.3 Å². The van der Waals surface area contributed by atoms with E-state index in [-0.39, 0.29) is 12.0 Å². The molecule has 0 radical (unpaired) electrons. The fraction of sp³-hybridized carbons (Fsp3) is 0.400. The molecule has 1 aromatic heterocycles. The van der Waals surface area contributed by atoms with Gasteiger partial charge in [-0.2, -0.15) is 0 Å². The molecule has 1 fully saturated rings.